The number of fused-ring (bicyclic) bond motifs is 1. The Morgan fingerprint density at radius 3 is 2.59 bits per heavy atom. The van der Waals surface area contributed by atoms with Crippen LogP contribution < -0.4 is 0 Å². The first kappa shape index (κ1) is 11.7. The largest absolute Gasteiger partial charge is 0.479 e. The van der Waals surface area contributed by atoms with Crippen LogP contribution in [0.5, 0.6) is 0 Å². The van der Waals surface area contributed by atoms with Crippen molar-refractivity contribution in [1.82, 2.24) is 0 Å². The number of benzene rings is 1. The number of carboxylic acid groups (broad SMARTS) is 1. The maximum atomic E-state index is 12.9. The quantitative estimate of drug-likeness (QED) is 0.749. The summed E-state index contributed by atoms with van der Waals surface area (Å²) in [6, 6.07) is 2.97. The molecule has 0 saturated heterocycles. The first-order valence-corrected chi connectivity index (χ1v) is 5.99. The molecule has 17 heavy (non-hydrogen) atoms. The van der Waals surface area contributed by atoms with Crippen molar-refractivity contribution in [1.29, 1.82) is 0 Å². The minimum absolute atomic E-state index is 0.0419. The molecule has 1 atom stereocenters. The summed E-state index contributed by atoms with van der Waals surface area (Å²) in [5, 5.41) is 17.8. The van der Waals surface area contributed by atoms with Crippen LogP contribution in [0.4, 0.5) is 4.39 Å². The normalized spacial score (nSPS) is 18.4. The Morgan fingerprint density at radius 2 is 2.00 bits per heavy atom. The van der Waals surface area contributed by atoms with Gasteiger partial charge in [0.15, 0.2) is 6.10 Å². The highest BCUT2D eigenvalue weighted by Gasteiger charge is 2.37. The average Bonchev–Trinajstić information content (AvgIpc) is 2.48. The van der Waals surface area contributed by atoms with Crippen molar-refractivity contribution in [2.45, 2.75) is 11.0 Å². The van der Waals surface area contributed by atoms with Crippen molar-refractivity contribution < 1.29 is 27.8 Å². The average molecular weight is 258 g/mol. The van der Waals surface area contributed by atoms with Crippen molar-refractivity contribution in [2.24, 2.45) is 0 Å². The molecule has 2 rings (SSSR count). The first-order chi connectivity index (χ1) is 7.84. The van der Waals surface area contributed by atoms with Gasteiger partial charge in [-0.2, -0.15) is 0 Å². The third-order valence-electron chi connectivity index (χ3n) is 2.37. The Hall–Kier alpha value is -1.73. The van der Waals surface area contributed by atoms with Gasteiger partial charge in [-0.3, -0.25) is 0 Å². The summed E-state index contributed by atoms with van der Waals surface area (Å²) < 4.78 is 36.6. The molecule has 1 aliphatic heterocycles. The highest BCUT2D eigenvalue weighted by Crippen LogP contribution is 2.34. The van der Waals surface area contributed by atoms with Gasteiger partial charge in [0.05, 0.1) is 9.80 Å². The molecular weight excluding hydrogens is 251 g/mol. The van der Waals surface area contributed by atoms with Gasteiger partial charge >= 0.3 is 5.97 Å². The van der Waals surface area contributed by atoms with Gasteiger partial charge < -0.3 is 10.2 Å². The van der Waals surface area contributed by atoms with E-state index in [1.807, 2.05) is 0 Å². The van der Waals surface area contributed by atoms with Gasteiger partial charge in [0, 0.05) is 0 Å². The van der Waals surface area contributed by atoms with E-state index in [2.05, 4.69) is 0 Å². The van der Waals surface area contributed by atoms with Crippen LogP contribution in [0.25, 0.3) is 6.08 Å². The van der Waals surface area contributed by atoms with E-state index in [1.165, 1.54) is 0 Å². The van der Waals surface area contributed by atoms with Crippen molar-refractivity contribution in [3.63, 3.8) is 0 Å². The molecule has 0 radical (unpaired) electrons. The van der Waals surface area contributed by atoms with E-state index in [1.54, 1.807) is 0 Å². The number of hydrogen-bond donors (Lipinski definition) is 2. The molecule has 1 aromatic carbocycles. The van der Waals surface area contributed by atoms with Crippen LogP contribution in [0.15, 0.2) is 28.0 Å². The van der Waals surface area contributed by atoms with E-state index in [9.17, 15) is 22.7 Å². The van der Waals surface area contributed by atoms with Crippen LogP contribution in [0.1, 0.15) is 5.56 Å². The third kappa shape index (κ3) is 1.73. The Labute approximate surface area is 95.7 Å². The number of halogens is 1. The molecule has 1 unspecified atom stereocenters. The fourth-order valence-electron chi connectivity index (χ4n) is 1.58. The van der Waals surface area contributed by atoms with E-state index in [-0.39, 0.29) is 10.5 Å². The predicted molar refractivity (Wildman–Crippen MR) is 55.2 cm³/mol. The van der Waals surface area contributed by atoms with Gasteiger partial charge in [-0.1, -0.05) is 0 Å². The highest BCUT2D eigenvalue weighted by atomic mass is 32.2. The number of aliphatic carboxylic acids is 1. The molecule has 0 saturated carbocycles. The van der Waals surface area contributed by atoms with Crippen LogP contribution in [-0.4, -0.2) is 30.7 Å². The third-order valence-corrected chi connectivity index (χ3v) is 4.29. The molecule has 0 fully saturated rings. The summed E-state index contributed by atoms with van der Waals surface area (Å²) in [5.74, 6) is -2.31. The summed E-state index contributed by atoms with van der Waals surface area (Å²) >= 11 is 0. The lowest BCUT2D eigenvalue weighted by Gasteiger charge is -2.06. The number of sulfone groups is 1. The second-order valence-electron chi connectivity index (χ2n) is 3.47. The van der Waals surface area contributed by atoms with Crippen LogP contribution in [0.2, 0.25) is 0 Å². The minimum Gasteiger partial charge on any atom is -0.479 e. The smallest absolute Gasteiger partial charge is 0.337 e. The fraction of sp³-hybridized carbons (Fsp3) is 0.100. The molecule has 0 bridgehead atoms. The van der Waals surface area contributed by atoms with Gasteiger partial charge in [-0.05, 0) is 29.8 Å². The van der Waals surface area contributed by atoms with Crippen molar-refractivity contribution in [3.8, 4) is 0 Å². The summed E-state index contributed by atoms with van der Waals surface area (Å²) in [7, 11) is -4.04. The topological polar surface area (TPSA) is 91.7 Å². The van der Waals surface area contributed by atoms with E-state index in [0.29, 0.717) is 0 Å². The van der Waals surface area contributed by atoms with Gasteiger partial charge in [-0.25, -0.2) is 17.6 Å². The maximum Gasteiger partial charge on any atom is 0.337 e. The van der Waals surface area contributed by atoms with E-state index >= 15 is 0 Å². The van der Waals surface area contributed by atoms with E-state index in [0.717, 1.165) is 24.3 Å². The van der Waals surface area contributed by atoms with Crippen LogP contribution in [-0.2, 0) is 14.6 Å². The molecule has 7 heteroatoms. The number of carboxylic acids is 1. The lowest BCUT2D eigenvalue weighted by molar-refractivity contribution is -0.144. The molecule has 90 valence electrons. The lowest BCUT2D eigenvalue weighted by atomic mass is 10.2. The second kappa shape index (κ2) is 3.64. The summed E-state index contributed by atoms with van der Waals surface area (Å²) in [6.07, 6.45) is -1.18. The summed E-state index contributed by atoms with van der Waals surface area (Å²) in [5.41, 5.74) is 0.0419. The first-order valence-electron chi connectivity index (χ1n) is 4.51. The molecule has 1 aliphatic rings. The predicted octanol–water partition coefficient (Wildman–Crippen LogP) is 0.399. The van der Waals surface area contributed by atoms with Gasteiger partial charge in [0.2, 0.25) is 9.84 Å². The molecule has 0 aromatic heterocycles. The molecule has 1 heterocycles. The van der Waals surface area contributed by atoms with E-state index in [4.69, 9.17) is 5.11 Å². The van der Waals surface area contributed by atoms with Gasteiger partial charge in [0.25, 0.3) is 0 Å². The molecular formula is C10H7FO5S. The number of carbonyl (C=O) groups is 1. The zero-order valence-corrected chi connectivity index (χ0v) is 9.11. The molecule has 5 nitrogen and oxygen atoms in total. The monoisotopic (exact) mass is 258 g/mol. The maximum absolute atomic E-state index is 12.9. The Balaban J connectivity index is 2.62. The standard InChI is InChI=1S/C10H7FO5S/c11-6-1-2-7-5(3-6)4-8(17(7,15)16)9(12)10(13)14/h1-4,9,12H,(H,13,14). The van der Waals surface area contributed by atoms with Gasteiger partial charge in [0.1, 0.15) is 5.82 Å². The Bertz CT molecular complexity index is 632. The lowest BCUT2D eigenvalue weighted by Crippen LogP contribution is -2.25. The Morgan fingerprint density at radius 1 is 1.35 bits per heavy atom. The van der Waals surface area contributed by atoms with Crippen LogP contribution >= 0.6 is 0 Å². The van der Waals surface area contributed by atoms with Gasteiger partial charge in [-0.15, -0.1) is 0 Å². The minimum atomic E-state index is -4.04. The number of aliphatic hydroxyl groups is 1. The Kier molecular flexibility index (Phi) is 2.52. The fourth-order valence-corrected chi connectivity index (χ4v) is 3.19. The van der Waals surface area contributed by atoms with Crippen molar-refractivity contribution in [3.05, 3.63) is 34.5 Å². The molecule has 2 N–H and O–H groups in total. The summed E-state index contributed by atoms with van der Waals surface area (Å²) in [4.78, 5) is 9.72. The van der Waals surface area contributed by atoms with Crippen LogP contribution in [0.3, 0.4) is 0 Å². The molecule has 0 amide bonds. The molecule has 0 aliphatic carbocycles. The highest BCUT2D eigenvalue weighted by molar-refractivity contribution is 7.96. The van der Waals surface area contributed by atoms with Crippen molar-refractivity contribution >= 4 is 21.9 Å². The zero-order chi connectivity index (χ0) is 12.8. The SMILES string of the molecule is O=C(O)C(O)C1=Cc2cc(F)ccc2S1(=O)=O. The molecule has 1 aromatic rings. The van der Waals surface area contributed by atoms with Crippen molar-refractivity contribution in [2.75, 3.05) is 0 Å². The number of rotatable bonds is 2. The van der Waals surface area contributed by atoms with Crippen LogP contribution in [0, 0.1) is 5.82 Å². The molecule has 0 spiro atoms. The number of hydrogen-bond acceptors (Lipinski definition) is 4. The van der Waals surface area contributed by atoms with E-state index < -0.39 is 32.6 Å². The summed E-state index contributed by atoms with van der Waals surface area (Å²) in [6.45, 7) is 0. The number of aliphatic hydroxyl groups excluding tert-OH is 1. The zero-order valence-electron chi connectivity index (χ0n) is 8.29. The second-order valence-corrected chi connectivity index (χ2v) is 5.39.